The summed E-state index contributed by atoms with van der Waals surface area (Å²) in [6.07, 6.45) is 2.13. The van der Waals surface area contributed by atoms with E-state index in [4.69, 9.17) is 0 Å². The molecule has 0 spiro atoms. The molecule has 0 aliphatic carbocycles. The second kappa shape index (κ2) is 3.66. The average Bonchev–Trinajstić information content (AvgIpc) is 2.14. The van der Waals surface area contributed by atoms with E-state index >= 15 is 0 Å². The van der Waals surface area contributed by atoms with E-state index in [9.17, 15) is 4.79 Å². The fraction of sp³-hybridized carbons (Fsp3) is 0. The van der Waals surface area contributed by atoms with Gasteiger partial charge >= 0.3 is 0 Å². The summed E-state index contributed by atoms with van der Waals surface area (Å²) in [6, 6.07) is 3.27. The van der Waals surface area contributed by atoms with E-state index in [1.54, 1.807) is 12.1 Å². The van der Waals surface area contributed by atoms with Crippen molar-refractivity contribution in [2.75, 3.05) is 0 Å². The topological polar surface area (TPSA) is 30.2 Å². The fourth-order valence-electron chi connectivity index (χ4n) is 0.358. The van der Waals surface area contributed by atoms with Gasteiger partial charge in [-0.05, 0) is 12.1 Å². The van der Waals surface area contributed by atoms with E-state index in [0.717, 1.165) is 0 Å². The Labute approximate surface area is 62.4 Å². The quantitative estimate of drug-likeness (QED) is 0.573. The van der Waals surface area contributed by atoms with Crippen molar-refractivity contribution in [1.29, 1.82) is 0 Å². The Bertz CT molecular complexity index is 145. The molecular formula is C5H4AuO2. The van der Waals surface area contributed by atoms with Crippen molar-refractivity contribution in [2.45, 2.75) is 0 Å². The van der Waals surface area contributed by atoms with E-state index in [1.807, 2.05) is 0 Å². The van der Waals surface area contributed by atoms with E-state index < -0.39 is 0 Å². The number of hydrogen-bond donors (Lipinski definition) is 0. The maximum atomic E-state index is 9.77. The number of hydrogen-bond acceptors (Lipinski definition) is 2. The summed E-state index contributed by atoms with van der Waals surface area (Å²) in [5.74, 6) is 0.375. The van der Waals surface area contributed by atoms with Gasteiger partial charge in [0, 0.05) is 22.4 Å². The van der Waals surface area contributed by atoms with E-state index in [-0.39, 0.29) is 22.4 Å². The molecule has 0 fully saturated rings. The molecule has 0 aliphatic rings. The first-order valence-corrected chi connectivity index (χ1v) is 1.92. The van der Waals surface area contributed by atoms with E-state index in [2.05, 4.69) is 4.42 Å². The Balaban J connectivity index is 0.000000490. The van der Waals surface area contributed by atoms with Gasteiger partial charge in [0.2, 0.25) is 0 Å². The molecule has 0 N–H and O–H groups in total. The van der Waals surface area contributed by atoms with E-state index in [1.165, 1.54) is 6.26 Å². The molecule has 0 atom stereocenters. The van der Waals surface area contributed by atoms with Gasteiger partial charge in [-0.2, -0.15) is 0 Å². The van der Waals surface area contributed by atoms with Crippen LogP contribution in [0.1, 0.15) is 10.6 Å². The maximum absolute atomic E-state index is 9.77. The first-order chi connectivity index (χ1) is 3.43. The molecular weight excluding hydrogens is 289 g/mol. The SMILES string of the molecule is O=Cc1ccco1.[Au]. The second-order valence-electron chi connectivity index (χ2n) is 1.13. The van der Waals surface area contributed by atoms with Gasteiger partial charge in [0.25, 0.3) is 0 Å². The number of carbonyl (C=O) groups is 1. The molecule has 0 amide bonds. The molecule has 0 aromatic carbocycles. The van der Waals surface area contributed by atoms with Crippen LogP contribution in [0.4, 0.5) is 0 Å². The maximum Gasteiger partial charge on any atom is 0.185 e. The Kier molecular flexibility index (Phi) is 3.52. The summed E-state index contributed by atoms with van der Waals surface area (Å²) in [4.78, 5) is 9.77. The van der Waals surface area contributed by atoms with Crippen LogP contribution in [0, 0.1) is 0 Å². The van der Waals surface area contributed by atoms with Gasteiger partial charge in [0.15, 0.2) is 12.0 Å². The van der Waals surface area contributed by atoms with Crippen LogP contribution in [-0.4, -0.2) is 6.29 Å². The van der Waals surface area contributed by atoms with Gasteiger partial charge in [-0.15, -0.1) is 0 Å². The van der Waals surface area contributed by atoms with Crippen LogP contribution >= 0.6 is 0 Å². The van der Waals surface area contributed by atoms with Crippen LogP contribution in [0.25, 0.3) is 0 Å². The summed E-state index contributed by atoms with van der Waals surface area (Å²) < 4.78 is 4.61. The Morgan fingerprint density at radius 2 is 2.38 bits per heavy atom. The van der Waals surface area contributed by atoms with Crippen molar-refractivity contribution in [2.24, 2.45) is 0 Å². The summed E-state index contributed by atoms with van der Waals surface area (Å²) in [5, 5.41) is 0. The van der Waals surface area contributed by atoms with Crippen LogP contribution in [0.2, 0.25) is 0 Å². The number of furan rings is 1. The third-order valence-corrected chi connectivity index (χ3v) is 0.659. The van der Waals surface area contributed by atoms with E-state index in [0.29, 0.717) is 12.0 Å². The molecule has 1 heterocycles. The zero-order valence-corrected chi connectivity index (χ0v) is 6.09. The molecule has 3 heteroatoms. The number of aldehydes is 1. The third kappa shape index (κ3) is 1.66. The summed E-state index contributed by atoms with van der Waals surface area (Å²) in [6.45, 7) is 0. The molecule has 2 nitrogen and oxygen atoms in total. The molecule has 0 bridgehead atoms. The average molecular weight is 293 g/mol. The minimum atomic E-state index is 0. The van der Waals surface area contributed by atoms with Crippen molar-refractivity contribution in [1.82, 2.24) is 0 Å². The van der Waals surface area contributed by atoms with Gasteiger partial charge in [-0.3, -0.25) is 4.79 Å². The van der Waals surface area contributed by atoms with Crippen LogP contribution in [0.5, 0.6) is 0 Å². The third-order valence-electron chi connectivity index (χ3n) is 0.659. The van der Waals surface area contributed by atoms with Gasteiger partial charge in [-0.1, -0.05) is 0 Å². The van der Waals surface area contributed by atoms with Crippen LogP contribution in [0.15, 0.2) is 22.8 Å². The van der Waals surface area contributed by atoms with Crippen molar-refractivity contribution < 1.29 is 31.6 Å². The van der Waals surface area contributed by atoms with Gasteiger partial charge in [0.1, 0.15) is 0 Å². The van der Waals surface area contributed by atoms with Crippen molar-refractivity contribution >= 4 is 6.29 Å². The second-order valence-corrected chi connectivity index (χ2v) is 1.13. The molecule has 0 aliphatic heterocycles. The molecule has 8 heavy (non-hydrogen) atoms. The summed E-state index contributed by atoms with van der Waals surface area (Å²) in [5.41, 5.74) is 0. The first kappa shape index (κ1) is 7.69. The Morgan fingerprint density at radius 3 is 2.62 bits per heavy atom. The van der Waals surface area contributed by atoms with Crippen LogP contribution in [-0.2, 0) is 22.4 Å². The molecule has 0 unspecified atom stereocenters. The largest absolute Gasteiger partial charge is 0.462 e. The first-order valence-electron chi connectivity index (χ1n) is 1.92. The van der Waals surface area contributed by atoms with Gasteiger partial charge < -0.3 is 4.42 Å². The van der Waals surface area contributed by atoms with Gasteiger partial charge in [0.05, 0.1) is 6.26 Å². The molecule has 1 aromatic rings. The Hall–Kier alpha value is -0.310. The van der Waals surface area contributed by atoms with Crippen molar-refractivity contribution in [3.8, 4) is 0 Å². The summed E-state index contributed by atoms with van der Waals surface area (Å²) in [7, 11) is 0. The minimum Gasteiger partial charge on any atom is -0.462 e. The molecule has 1 aromatic heterocycles. The van der Waals surface area contributed by atoms with Gasteiger partial charge in [-0.25, -0.2) is 0 Å². The Morgan fingerprint density at radius 1 is 1.62 bits per heavy atom. The molecule has 0 saturated carbocycles. The minimum absolute atomic E-state index is 0. The molecule has 47 valence electrons. The van der Waals surface area contributed by atoms with Crippen LogP contribution in [0.3, 0.4) is 0 Å². The molecule has 0 saturated heterocycles. The normalized spacial score (nSPS) is 7.50. The fourth-order valence-corrected chi connectivity index (χ4v) is 0.358. The van der Waals surface area contributed by atoms with Crippen molar-refractivity contribution in [3.63, 3.8) is 0 Å². The predicted molar refractivity (Wildman–Crippen MR) is 24.1 cm³/mol. The number of carbonyl (C=O) groups excluding carboxylic acids is 1. The monoisotopic (exact) mass is 293 g/mol. The zero-order chi connectivity index (χ0) is 5.11. The van der Waals surface area contributed by atoms with Crippen LogP contribution < -0.4 is 0 Å². The predicted octanol–water partition coefficient (Wildman–Crippen LogP) is 1.09. The smallest absolute Gasteiger partial charge is 0.185 e. The molecule has 1 radical (unpaired) electrons. The van der Waals surface area contributed by atoms with Crippen molar-refractivity contribution in [3.05, 3.63) is 24.2 Å². The zero-order valence-electron chi connectivity index (χ0n) is 3.93. The molecule has 1 rings (SSSR count). The number of rotatable bonds is 1. The summed E-state index contributed by atoms with van der Waals surface area (Å²) >= 11 is 0. The standard InChI is InChI=1S/C5H4O2.Au/c6-4-5-2-1-3-7-5;/h1-4H;.